The first kappa shape index (κ1) is 25.3. The van der Waals surface area contributed by atoms with Gasteiger partial charge in [0.05, 0.1) is 24.2 Å². The molecule has 38 heavy (non-hydrogen) atoms. The predicted octanol–water partition coefficient (Wildman–Crippen LogP) is 4.80. The molecular weight excluding hydrogens is 496 g/mol. The van der Waals surface area contributed by atoms with Crippen LogP contribution >= 0.6 is 11.3 Å². The van der Waals surface area contributed by atoms with Crippen molar-refractivity contribution in [1.29, 1.82) is 0 Å². The number of aliphatic hydroxyl groups is 1. The summed E-state index contributed by atoms with van der Waals surface area (Å²) in [5, 5.41) is 14.2. The fourth-order valence-corrected chi connectivity index (χ4v) is 7.78. The molecule has 0 radical (unpaired) electrons. The second-order valence-corrected chi connectivity index (χ2v) is 12.4. The van der Waals surface area contributed by atoms with E-state index in [9.17, 15) is 14.7 Å². The van der Waals surface area contributed by atoms with Crippen LogP contribution in [0.4, 0.5) is 4.79 Å². The zero-order valence-corrected chi connectivity index (χ0v) is 22.6. The van der Waals surface area contributed by atoms with Crippen molar-refractivity contribution in [2.24, 2.45) is 5.41 Å². The molecule has 3 fully saturated rings. The Bertz CT molecular complexity index is 1320. The number of carbonyl (C=O) groups excluding carboxylic acids is 1. The number of hydrogen-bond acceptors (Lipinski definition) is 5. The maximum Gasteiger partial charge on any atom is 0.320 e. The van der Waals surface area contributed by atoms with Crippen LogP contribution in [0.5, 0.6) is 0 Å². The molecule has 200 valence electrons. The van der Waals surface area contributed by atoms with Crippen molar-refractivity contribution in [3.05, 3.63) is 75.5 Å². The number of carbonyl (C=O) groups is 1. The summed E-state index contributed by atoms with van der Waals surface area (Å²) in [4.78, 5) is 36.8. The minimum Gasteiger partial charge on any atom is -0.387 e. The number of rotatable bonds is 5. The molecule has 2 atom stereocenters. The lowest BCUT2D eigenvalue weighted by Crippen LogP contribution is -2.63. The molecule has 1 unspecified atom stereocenters. The molecule has 2 aromatic heterocycles. The molecule has 1 aliphatic carbocycles. The molecule has 2 saturated heterocycles. The van der Waals surface area contributed by atoms with E-state index in [1.807, 2.05) is 35.2 Å². The van der Waals surface area contributed by atoms with Gasteiger partial charge in [-0.25, -0.2) is 9.78 Å². The number of hydrogen-bond donors (Lipinski definition) is 1. The Morgan fingerprint density at radius 2 is 1.87 bits per heavy atom. The highest BCUT2D eigenvalue weighted by molar-refractivity contribution is 7.09. The Balaban J connectivity index is 1.20. The van der Waals surface area contributed by atoms with E-state index in [-0.39, 0.29) is 24.2 Å². The maximum absolute atomic E-state index is 13.8. The van der Waals surface area contributed by atoms with Crippen molar-refractivity contribution in [3.8, 4) is 11.3 Å². The molecule has 7 nitrogen and oxygen atoms in total. The molecular formula is C30H36N4O3S. The molecule has 3 aromatic rings. The van der Waals surface area contributed by atoms with Gasteiger partial charge in [0.1, 0.15) is 0 Å². The van der Waals surface area contributed by atoms with Gasteiger partial charge in [0, 0.05) is 54.0 Å². The fraction of sp³-hybridized carbons (Fsp3) is 0.500. The lowest BCUT2D eigenvalue weighted by Gasteiger charge is -2.53. The van der Waals surface area contributed by atoms with Crippen LogP contribution < -0.4 is 5.56 Å². The SMILES string of the molecule is O=C(N1CCC(O)(Cn2cnc(-c3ccccc3)cc2=O)C2(CCCC2)C1)N1CCC[C@H]1Cc1cccs1. The molecule has 1 spiro atoms. The van der Waals surface area contributed by atoms with Gasteiger partial charge < -0.3 is 14.9 Å². The molecule has 3 aliphatic rings. The van der Waals surface area contributed by atoms with Gasteiger partial charge >= 0.3 is 6.03 Å². The first-order chi connectivity index (χ1) is 18.5. The van der Waals surface area contributed by atoms with Crippen LogP contribution in [-0.2, 0) is 13.0 Å². The minimum atomic E-state index is -1.05. The molecule has 2 aliphatic heterocycles. The van der Waals surface area contributed by atoms with Crippen LogP contribution in [0.3, 0.4) is 0 Å². The third kappa shape index (κ3) is 4.69. The summed E-state index contributed by atoms with van der Waals surface area (Å²) >= 11 is 1.76. The number of benzene rings is 1. The standard InChI is InChI=1S/C30H36N4O3S/c35-27-19-26(23-8-2-1-3-9-23)31-22-33(27)21-30(37)14-16-32(20-29(30)12-4-5-13-29)28(36)34-15-6-10-24(34)18-25-11-7-17-38-25/h1-3,7-9,11,17,19,22,24,37H,4-6,10,12-16,18,20-21H2/t24-,30?/m0/s1. The summed E-state index contributed by atoms with van der Waals surface area (Å²) in [5.41, 5.74) is -0.0816. The highest BCUT2D eigenvalue weighted by Crippen LogP contribution is 2.51. The Kier molecular flexibility index (Phi) is 6.86. The second-order valence-electron chi connectivity index (χ2n) is 11.4. The normalized spacial score (nSPS) is 24.8. The molecule has 1 N–H and O–H groups in total. The summed E-state index contributed by atoms with van der Waals surface area (Å²) in [6.45, 7) is 2.07. The highest BCUT2D eigenvalue weighted by Gasteiger charge is 2.56. The Labute approximate surface area is 227 Å². The van der Waals surface area contributed by atoms with Crippen LogP contribution in [-0.4, -0.2) is 61.8 Å². The first-order valence-electron chi connectivity index (χ1n) is 13.9. The molecule has 2 amide bonds. The number of likely N-dealkylation sites (tertiary alicyclic amines) is 2. The van der Waals surface area contributed by atoms with Gasteiger partial charge in [0.2, 0.25) is 0 Å². The molecule has 8 heteroatoms. The fourth-order valence-electron chi connectivity index (χ4n) is 7.00. The van der Waals surface area contributed by atoms with Crippen molar-refractivity contribution in [2.75, 3.05) is 19.6 Å². The quantitative estimate of drug-likeness (QED) is 0.512. The molecule has 1 aromatic carbocycles. The van der Waals surface area contributed by atoms with Gasteiger partial charge in [0.15, 0.2) is 0 Å². The van der Waals surface area contributed by atoms with Crippen LogP contribution in [0.2, 0.25) is 0 Å². The van der Waals surface area contributed by atoms with E-state index in [4.69, 9.17) is 0 Å². The van der Waals surface area contributed by atoms with Crippen LogP contribution in [0, 0.1) is 5.41 Å². The highest BCUT2D eigenvalue weighted by atomic mass is 32.1. The topological polar surface area (TPSA) is 78.7 Å². The predicted molar refractivity (Wildman–Crippen MR) is 149 cm³/mol. The van der Waals surface area contributed by atoms with Crippen molar-refractivity contribution in [3.63, 3.8) is 0 Å². The van der Waals surface area contributed by atoms with E-state index in [0.717, 1.165) is 57.1 Å². The van der Waals surface area contributed by atoms with E-state index < -0.39 is 11.0 Å². The van der Waals surface area contributed by atoms with Crippen molar-refractivity contribution in [2.45, 2.75) is 69.6 Å². The molecule has 6 rings (SSSR count). The summed E-state index contributed by atoms with van der Waals surface area (Å²) in [5.74, 6) is 0. The Hall–Kier alpha value is -2.97. The number of nitrogens with zero attached hydrogens (tertiary/aromatic N) is 4. The van der Waals surface area contributed by atoms with Crippen LogP contribution in [0.1, 0.15) is 49.8 Å². The van der Waals surface area contributed by atoms with Gasteiger partial charge in [-0.15, -0.1) is 11.3 Å². The summed E-state index contributed by atoms with van der Waals surface area (Å²) in [7, 11) is 0. The third-order valence-electron chi connectivity index (χ3n) is 9.13. The summed E-state index contributed by atoms with van der Waals surface area (Å²) in [6.07, 6.45) is 8.86. The number of amides is 2. The van der Waals surface area contributed by atoms with Crippen molar-refractivity contribution >= 4 is 17.4 Å². The number of urea groups is 1. The third-order valence-corrected chi connectivity index (χ3v) is 10.0. The van der Waals surface area contributed by atoms with E-state index >= 15 is 0 Å². The lowest BCUT2D eigenvalue weighted by atomic mass is 9.66. The number of thiophene rings is 1. The largest absolute Gasteiger partial charge is 0.387 e. The van der Waals surface area contributed by atoms with E-state index in [1.54, 1.807) is 28.3 Å². The van der Waals surface area contributed by atoms with Crippen LogP contribution in [0.25, 0.3) is 11.3 Å². The van der Waals surface area contributed by atoms with Gasteiger partial charge in [0.25, 0.3) is 5.56 Å². The van der Waals surface area contributed by atoms with Gasteiger partial charge in [-0.1, -0.05) is 49.2 Å². The second kappa shape index (κ2) is 10.3. The molecule has 0 bridgehead atoms. The number of piperidine rings is 1. The summed E-state index contributed by atoms with van der Waals surface area (Å²) < 4.78 is 1.56. The minimum absolute atomic E-state index is 0.114. The average molecular weight is 533 g/mol. The van der Waals surface area contributed by atoms with Gasteiger partial charge in [-0.3, -0.25) is 9.36 Å². The summed E-state index contributed by atoms with van der Waals surface area (Å²) in [6, 6.07) is 15.8. The van der Waals surface area contributed by atoms with E-state index in [1.165, 1.54) is 4.88 Å². The van der Waals surface area contributed by atoms with Crippen molar-refractivity contribution in [1.82, 2.24) is 19.4 Å². The van der Waals surface area contributed by atoms with E-state index in [0.29, 0.717) is 25.2 Å². The lowest BCUT2D eigenvalue weighted by molar-refractivity contribution is -0.136. The number of aromatic nitrogens is 2. The maximum atomic E-state index is 13.8. The van der Waals surface area contributed by atoms with Gasteiger partial charge in [-0.05, 0) is 43.6 Å². The monoisotopic (exact) mass is 532 g/mol. The molecule has 1 saturated carbocycles. The smallest absolute Gasteiger partial charge is 0.320 e. The first-order valence-corrected chi connectivity index (χ1v) is 14.8. The zero-order chi connectivity index (χ0) is 26.2. The Morgan fingerprint density at radius 1 is 1.05 bits per heavy atom. The average Bonchev–Trinajstić information content (AvgIpc) is 3.71. The van der Waals surface area contributed by atoms with Crippen molar-refractivity contribution < 1.29 is 9.90 Å². The van der Waals surface area contributed by atoms with E-state index in [2.05, 4.69) is 27.4 Å². The van der Waals surface area contributed by atoms with Crippen LogP contribution in [0.15, 0.2) is 65.0 Å². The zero-order valence-electron chi connectivity index (χ0n) is 21.8. The molecule has 4 heterocycles. The Morgan fingerprint density at radius 3 is 2.61 bits per heavy atom. The van der Waals surface area contributed by atoms with Gasteiger partial charge in [-0.2, -0.15) is 0 Å².